The number of methoxy groups -OCH3 is 3. The number of aliphatic hydroxyl groups is 2. The Morgan fingerprint density at radius 1 is 0.586 bits per heavy atom. The molecule has 6 aromatic carbocycles. The van der Waals surface area contributed by atoms with Gasteiger partial charge in [0.2, 0.25) is 29.4 Å². The number of likely N-dealkylation sites (tertiary alicyclic amines) is 3. The first-order chi connectivity index (χ1) is 47.5. The Kier molecular flexibility index (Phi) is 20.9. The highest BCUT2D eigenvalue weighted by atomic mass is 28.4. The standard InChI is InChI=1S/2C23H23N3O4.C21H33N3O3Si.C8H8O3/c2*1-29-16-5-2-4-15(12-16)22-24-21(25-30-22)18-6-3-7-19-17(18)8-9-23(19)13-20(28)26(14-23)10-11-27;1-20(2,3)28(4,5)27-12-11-24-14-21(13-18(24)25)10-9-15-16(19(22)23-26)7-6-8-17(15)21;1-11-7-4-2-3-6(5-7)8(9)10/h2*2-7,12,27H,8-11,13-14H2,1H3;6-8,26H,9-14H2,1-5H3,(H2,22,23);2-5H,1H3,(H,9,10). The van der Waals surface area contributed by atoms with Gasteiger partial charge >= 0.3 is 5.97 Å². The van der Waals surface area contributed by atoms with Crippen LogP contribution in [0, 0.1) is 0 Å². The fraction of sp³-hybridized carbons (Fsp3) is 0.400. The summed E-state index contributed by atoms with van der Waals surface area (Å²) in [4.78, 5) is 62.9. The zero-order valence-electron chi connectivity index (χ0n) is 57.4. The molecule has 0 radical (unpaired) electrons. The molecule has 0 saturated carbocycles. The summed E-state index contributed by atoms with van der Waals surface area (Å²) >= 11 is 0. The summed E-state index contributed by atoms with van der Waals surface area (Å²) in [6, 6.07) is 39.6. The Morgan fingerprint density at radius 2 is 0.990 bits per heavy atom. The van der Waals surface area contributed by atoms with Gasteiger partial charge in [-0.05, 0) is 145 Å². The van der Waals surface area contributed by atoms with E-state index in [0.29, 0.717) is 87.8 Å². The Balaban J connectivity index is 0.000000139. The Labute approximate surface area is 576 Å². The molecule has 520 valence electrons. The third-order valence-corrected chi connectivity index (χ3v) is 25.4. The van der Waals surface area contributed by atoms with Crippen LogP contribution in [-0.4, -0.2) is 174 Å². The van der Waals surface area contributed by atoms with Gasteiger partial charge in [0, 0.05) is 103 Å². The number of β-amino-alcohol motifs (C(OH)–C–C–N with tert-alkyl or cyclic N) is 2. The van der Waals surface area contributed by atoms with Crippen molar-refractivity contribution in [1.29, 1.82) is 0 Å². The molecule has 14 rings (SSSR count). The van der Waals surface area contributed by atoms with Crippen LogP contribution in [0.2, 0.25) is 18.1 Å². The van der Waals surface area contributed by atoms with E-state index in [-0.39, 0.29) is 63.6 Å². The second kappa shape index (κ2) is 29.4. The van der Waals surface area contributed by atoms with Crippen molar-refractivity contribution in [3.63, 3.8) is 0 Å². The van der Waals surface area contributed by atoms with E-state index in [1.54, 1.807) is 36.2 Å². The van der Waals surface area contributed by atoms with E-state index >= 15 is 0 Å². The summed E-state index contributed by atoms with van der Waals surface area (Å²) < 4.78 is 32.8. The minimum atomic E-state index is -1.81. The number of fused-ring (bicyclic) bond motifs is 6. The molecule has 6 N–H and O–H groups in total. The molecule has 5 heterocycles. The van der Waals surface area contributed by atoms with E-state index in [4.69, 9.17) is 43.7 Å². The van der Waals surface area contributed by atoms with Crippen LogP contribution >= 0.6 is 0 Å². The van der Waals surface area contributed by atoms with Crippen LogP contribution in [0.3, 0.4) is 0 Å². The third-order valence-electron chi connectivity index (χ3n) is 20.8. The molecule has 2 aromatic heterocycles. The van der Waals surface area contributed by atoms with Crippen molar-refractivity contribution in [2.24, 2.45) is 10.9 Å². The fourth-order valence-corrected chi connectivity index (χ4v) is 15.7. The van der Waals surface area contributed by atoms with Crippen molar-refractivity contribution in [3.05, 3.63) is 172 Å². The van der Waals surface area contributed by atoms with E-state index in [9.17, 15) is 29.4 Å². The number of nitrogens with two attached hydrogens (primary N) is 1. The van der Waals surface area contributed by atoms with Crippen molar-refractivity contribution in [2.45, 2.75) is 113 Å². The van der Waals surface area contributed by atoms with Crippen LogP contribution in [0.1, 0.15) is 109 Å². The molecule has 3 unspecified atom stereocenters. The number of ether oxygens (including phenoxy) is 3. The van der Waals surface area contributed by atoms with Crippen molar-refractivity contribution in [3.8, 4) is 62.9 Å². The number of amides is 3. The Hall–Kier alpha value is -9.75. The number of nitrogens with zero attached hydrogens (tertiary/aromatic N) is 8. The first-order valence-electron chi connectivity index (χ1n) is 33.4. The second-order valence-electron chi connectivity index (χ2n) is 27.7. The van der Waals surface area contributed by atoms with Gasteiger partial charge < -0.3 is 68.6 Å². The van der Waals surface area contributed by atoms with Crippen LogP contribution in [0.5, 0.6) is 17.2 Å². The number of carboxylic acid groups (broad SMARTS) is 1. The maximum absolute atomic E-state index is 12.8. The third kappa shape index (κ3) is 14.6. The number of hydrogen-bond donors (Lipinski definition) is 5. The zero-order chi connectivity index (χ0) is 70.4. The molecule has 6 aliphatic rings. The van der Waals surface area contributed by atoms with E-state index < -0.39 is 14.3 Å². The zero-order valence-corrected chi connectivity index (χ0v) is 58.4. The average molecular weight is 1370 g/mol. The highest BCUT2D eigenvalue weighted by Crippen LogP contribution is 2.51. The van der Waals surface area contributed by atoms with Crippen LogP contribution in [0.4, 0.5) is 0 Å². The molecule has 0 bridgehead atoms. The van der Waals surface area contributed by atoms with E-state index in [1.807, 2.05) is 89.8 Å². The van der Waals surface area contributed by atoms with Gasteiger partial charge in [-0.15, -0.1) is 0 Å². The molecular weight excluding hydrogens is 1280 g/mol. The topological polar surface area (TPSA) is 312 Å². The molecule has 24 heteroatoms. The van der Waals surface area contributed by atoms with Crippen molar-refractivity contribution in [1.82, 2.24) is 35.0 Å². The molecule has 3 amide bonds. The minimum absolute atomic E-state index is 0.00930. The largest absolute Gasteiger partial charge is 0.497 e. The number of rotatable bonds is 17. The summed E-state index contributed by atoms with van der Waals surface area (Å²) in [5.41, 5.74) is 16.9. The van der Waals surface area contributed by atoms with Crippen LogP contribution < -0.4 is 19.9 Å². The molecule has 23 nitrogen and oxygen atoms in total. The number of carboxylic acids is 1. The molecule has 3 spiro atoms. The SMILES string of the molecule is CC(C)(C)[Si](C)(C)OCCN1CC2(CCc3c(C(N)=NO)cccc32)CC1=O.COc1cccc(-c2nc(-c3cccc4c3CCC43CC(=O)N(CCO)C3)no2)c1.COc1cccc(-c2nc(-c3cccc4c3CCC43CC(=O)N(CCO)C3)no2)c1.COc1cccc(C(=O)O)c1. The van der Waals surface area contributed by atoms with E-state index in [2.05, 4.69) is 77.5 Å². The van der Waals surface area contributed by atoms with Gasteiger partial charge in [-0.2, -0.15) is 9.97 Å². The highest BCUT2D eigenvalue weighted by Gasteiger charge is 2.51. The number of benzene rings is 6. The first kappa shape index (κ1) is 70.6. The van der Waals surface area contributed by atoms with Gasteiger partial charge in [-0.1, -0.05) is 109 Å². The summed E-state index contributed by atoms with van der Waals surface area (Å²) in [7, 11) is 2.94. The van der Waals surface area contributed by atoms with Crippen molar-refractivity contribution >= 4 is 37.8 Å². The Morgan fingerprint density at radius 3 is 1.41 bits per heavy atom. The number of oxime groups is 1. The van der Waals surface area contributed by atoms with Crippen molar-refractivity contribution in [2.75, 3.05) is 80.4 Å². The molecule has 3 aliphatic carbocycles. The number of aliphatic hydroxyl groups excluding tert-OH is 2. The first-order valence-corrected chi connectivity index (χ1v) is 36.3. The molecule has 3 atom stereocenters. The molecule has 3 saturated heterocycles. The van der Waals surface area contributed by atoms with Gasteiger partial charge in [-0.3, -0.25) is 14.4 Å². The lowest BCUT2D eigenvalue weighted by Crippen LogP contribution is -2.43. The molecule has 3 fully saturated rings. The Bertz CT molecular complexity index is 4140. The van der Waals surface area contributed by atoms with Gasteiger partial charge in [0.25, 0.3) is 11.8 Å². The molecule has 3 aliphatic heterocycles. The summed E-state index contributed by atoms with van der Waals surface area (Å²) in [5, 5.41) is 47.9. The number of carbonyl (C=O) groups is 4. The smallest absolute Gasteiger partial charge is 0.335 e. The van der Waals surface area contributed by atoms with Crippen molar-refractivity contribution < 1.29 is 67.4 Å². The fourth-order valence-electron chi connectivity index (χ4n) is 14.7. The normalized spacial score (nSPS) is 19.8. The monoisotopic (exact) mass is 1370 g/mol. The van der Waals surface area contributed by atoms with E-state index in [0.717, 1.165) is 89.9 Å². The minimum Gasteiger partial charge on any atom is -0.497 e. The summed E-state index contributed by atoms with van der Waals surface area (Å²) in [6.07, 6.45) is 6.84. The average Bonchev–Trinajstić information content (AvgIpc) is 1.60. The lowest BCUT2D eigenvalue weighted by molar-refractivity contribution is -0.128. The predicted octanol–water partition coefficient (Wildman–Crippen LogP) is 10.3. The number of aromatic carboxylic acids is 1. The summed E-state index contributed by atoms with van der Waals surface area (Å²) in [6.45, 7) is 15.2. The predicted molar refractivity (Wildman–Crippen MR) is 373 cm³/mol. The number of carbonyl (C=O) groups excluding carboxylic acids is 3. The van der Waals surface area contributed by atoms with Crippen LogP contribution in [-0.2, 0) is 54.3 Å². The van der Waals surface area contributed by atoms with Gasteiger partial charge in [0.1, 0.15) is 17.2 Å². The number of hydrogen-bond acceptors (Lipinski definition) is 18. The molecular formula is C75H87N9O14Si. The van der Waals surface area contributed by atoms with Crippen LogP contribution in [0.25, 0.3) is 45.7 Å². The molecule has 8 aromatic rings. The second-order valence-corrected chi connectivity index (χ2v) is 32.5. The quantitative estimate of drug-likeness (QED) is 0.0186. The lowest BCUT2D eigenvalue weighted by atomic mass is 9.80. The van der Waals surface area contributed by atoms with Gasteiger partial charge in [-0.25, -0.2) is 4.79 Å². The lowest BCUT2D eigenvalue weighted by Gasteiger charge is -2.36. The molecule has 99 heavy (non-hydrogen) atoms. The van der Waals surface area contributed by atoms with Gasteiger partial charge in [0.15, 0.2) is 14.2 Å². The number of amidine groups is 1. The number of aromatic nitrogens is 4. The summed E-state index contributed by atoms with van der Waals surface area (Å²) in [5.74, 6) is 3.63. The van der Waals surface area contributed by atoms with Crippen LogP contribution in [0.15, 0.2) is 142 Å². The van der Waals surface area contributed by atoms with E-state index in [1.165, 1.54) is 47.1 Å². The van der Waals surface area contributed by atoms with Gasteiger partial charge in [0.05, 0.1) is 46.7 Å². The maximum atomic E-state index is 12.8. The maximum Gasteiger partial charge on any atom is 0.335 e. The highest BCUT2D eigenvalue weighted by molar-refractivity contribution is 6.74.